The Bertz CT molecular complexity index is 1230. The highest BCUT2D eigenvalue weighted by Crippen LogP contribution is 2.15. The molecule has 0 spiro atoms. The summed E-state index contributed by atoms with van der Waals surface area (Å²) in [5.74, 6) is -0.967. The van der Waals surface area contributed by atoms with Crippen LogP contribution >= 0.6 is 0 Å². The summed E-state index contributed by atoms with van der Waals surface area (Å²) < 4.78 is 16.8. The molecule has 0 bridgehead atoms. The number of carbonyl (C=O) groups excluding carboxylic acids is 3. The van der Waals surface area contributed by atoms with E-state index >= 15 is 0 Å². The standard InChI is InChI=1S/C62H110O6/c1-4-7-10-13-16-19-22-25-27-29-31-33-34-37-40-43-46-49-52-55-61(64)67-58-59(57-66-60(63)54-51-48-45-42-39-36-24-21-18-15-12-9-6-3)68-62(65)56-53-50-47-44-41-38-35-32-30-28-26-23-20-17-14-11-8-5-2/h16,19,22,25,32,35-36,39,45,48,59H,4-15,17-18,20-21,23-24,26-31,33-34,37-38,40-44,46-47,49-58H2,1-3H3/b19-16+,25-22+,35-32+,39-36+,48-45+. The molecular weight excluding hydrogens is 841 g/mol. The third kappa shape index (κ3) is 54.1. The molecule has 1 unspecified atom stereocenters. The fourth-order valence-electron chi connectivity index (χ4n) is 8.31. The van der Waals surface area contributed by atoms with Gasteiger partial charge in [-0.3, -0.25) is 14.4 Å². The van der Waals surface area contributed by atoms with Crippen molar-refractivity contribution in [2.75, 3.05) is 13.2 Å². The molecule has 6 nitrogen and oxygen atoms in total. The van der Waals surface area contributed by atoms with Crippen molar-refractivity contribution in [2.24, 2.45) is 0 Å². The Morgan fingerprint density at radius 3 is 1.03 bits per heavy atom. The Hall–Kier alpha value is -2.89. The van der Waals surface area contributed by atoms with Crippen molar-refractivity contribution in [2.45, 2.75) is 303 Å². The van der Waals surface area contributed by atoms with Gasteiger partial charge in [-0.15, -0.1) is 0 Å². The molecule has 0 aromatic rings. The molecule has 0 aliphatic carbocycles. The minimum atomic E-state index is -0.802. The van der Waals surface area contributed by atoms with Crippen LogP contribution in [0.25, 0.3) is 0 Å². The van der Waals surface area contributed by atoms with Crippen molar-refractivity contribution in [3.63, 3.8) is 0 Å². The fraction of sp³-hybridized carbons (Fsp3) is 0.790. The molecule has 0 aliphatic heterocycles. The van der Waals surface area contributed by atoms with Crippen LogP contribution < -0.4 is 0 Å². The zero-order valence-electron chi connectivity index (χ0n) is 45.1. The molecule has 0 aromatic heterocycles. The second kappa shape index (κ2) is 56.7. The molecule has 0 saturated heterocycles. The first-order valence-corrected chi connectivity index (χ1v) is 29.3. The molecule has 0 fully saturated rings. The van der Waals surface area contributed by atoms with Gasteiger partial charge in [-0.1, -0.05) is 248 Å². The summed E-state index contributed by atoms with van der Waals surface area (Å²) in [7, 11) is 0. The van der Waals surface area contributed by atoms with E-state index in [1.807, 2.05) is 6.08 Å². The van der Waals surface area contributed by atoms with Gasteiger partial charge in [0.25, 0.3) is 0 Å². The van der Waals surface area contributed by atoms with Crippen LogP contribution in [0.5, 0.6) is 0 Å². The van der Waals surface area contributed by atoms with Crippen LogP contribution in [0.15, 0.2) is 60.8 Å². The molecule has 68 heavy (non-hydrogen) atoms. The number of esters is 3. The summed E-state index contributed by atoms with van der Waals surface area (Å²) in [5.41, 5.74) is 0. The highest BCUT2D eigenvalue weighted by molar-refractivity contribution is 5.71. The monoisotopic (exact) mass is 951 g/mol. The minimum absolute atomic E-state index is 0.0953. The first-order chi connectivity index (χ1) is 33.5. The highest BCUT2D eigenvalue weighted by Gasteiger charge is 2.19. The maximum Gasteiger partial charge on any atom is 0.306 e. The Morgan fingerprint density at radius 2 is 0.603 bits per heavy atom. The zero-order chi connectivity index (χ0) is 49.3. The maximum absolute atomic E-state index is 12.9. The van der Waals surface area contributed by atoms with Gasteiger partial charge in [-0.05, 0) is 89.9 Å². The van der Waals surface area contributed by atoms with Crippen LogP contribution in [0.2, 0.25) is 0 Å². The van der Waals surface area contributed by atoms with Crippen LogP contribution in [-0.2, 0) is 28.6 Å². The second-order valence-electron chi connectivity index (χ2n) is 19.6. The Kier molecular flexibility index (Phi) is 54.3. The highest BCUT2D eigenvalue weighted by atomic mass is 16.6. The SMILES string of the molecule is CCCCC/C=C/C=C/CCCCCCCCCCCCC(=O)OCC(COC(=O)CC/C=C/C/C=C/CCCCCCCC)OC(=O)CCCCCCC/C=C/CCCCCCCCCCC. The van der Waals surface area contributed by atoms with Gasteiger partial charge in [-0.25, -0.2) is 0 Å². The van der Waals surface area contributed by atoms with E-state index in [0.717, 1.165) is 64.2 Å². The Labute approximate surface area is 421 Å². The molecule has 0 amide bonds. The maximum atomic E-state index is 12.9. The molecular formula is C62H110O6. The number of hydrogen-bond acceptors (Lipinski definition) is 6. The molecule has 0 radical (unpaired) electrons. The van der Waals surface area contributed by atoms with Gasteiger partial charge in [0.1, 0.15) is 13.2 Å². The molecule has 394 valence electrons. The molecule has 0 aromatic carbocycles. The van der Waals surface area contributed by atoms with Gasteiger partial charge < -0.3 is 14.2 Å². The molecule has 6 heteroatoms. The lowest BCUT2D eigenvalue weighted by Crippen LogP contribution is -2.30. The van der Waals surface area contributed by atoms with Gasteiger partial charge in [0.05, 0.1) is 0 Å². The van der Waals surface area contributed by atoms with E-state index in [-0.39, 0.29) is 37.5 Å². The van der Waals surface area contributed by atoms with Crippen molar-refractivity contribution < 1.29 is 28.6 Å². The quantitative estimate of drug-likeness (QED) is 0.0199. The van der Waals surface area contributed by atoms with Gasteiger partial charge in [0.15, 0.2) is 6.10 Å². The van der Waals surface area contributed by atoms with Crippen molar-refractivity contribution in [1.29, 1.82) is 0 Å². The number of ether oxygens (including phenoxy) is 3. The average Bonchev–Trinajstić information content (AvgIpc) is 3.34. The van der Waals surface area contributed by atoms with Gasteiger partial charge >= 0.3 is 17.9 Å². The normalized spacial score (nSPS) is 12.5. The van der Waals surface area contributed by atoms with E-state index in [2.05, 4.69) is 75.5 Å². The number of allylic oxidation sites excluding steroid dienone is 10. The van der Waals surface area contributed by atoms with Crippen molar-refractivity contribution in [1.82, 2.24) is 0 Å². The Morgan fingerprint density at radius 1 is 0.309 bits per heavy atom. The van der Waals surface area contributed by atoms with Crippen molar-refractivity contribution >= 4 is 17.9 Å². The molecule has 0 heterocycles. The summed E-state index contributed by atoms with van der Waals surface area (Å²) in [4.78, 5) is 38.1. The first-order valence-electron chi connectivity index (χ1n) is 29.3. The molecule has 0 aliphatic rings. The fourth-order valence-corrected chi connectivity index (χ4v) is 8.31. The van der Waals surface area contributed by atoms with E-state index in [1.54, 1.807) is 0 Å². The van der Waals surface area contributed by atoms with Crippen LogP contribution in [0.3, 0.4) is 0 Å². The third-order valence-electron chi connectivity index (χ3n) is 12.8. The summed E-state index contributed by atoms with van der Waals surface area (Å²) in [6, 6.07) is 0. The van der Waals surface area contributed by atoms with Crippen LogP contribution in [0.4, 0.5) is 0 Å². The van der Waals surface area contributed by atoms with E-state index in [0.29, 0.717) is 19.3 Å². The van der Waals surface area contributed by atoms with Crippen LogP contribution in [0, 0.1) is 0 Å². The largest absolute Gasteiger partial charge is 0.462 e. The lowest BCUT2D eigenvalue weighted by Gasteiger charge is -2.18. The van der Waals surface area contributed by atoms with E-state index in [1.165, 1.54) is 186 Å². The van der Waals surface area contributed by atoms with Crippen LogP contribution in [0.1, 0.15) is 297 Å². The third-order valence-corrected chi connectivity index (χ3v) is 12.8. The van der Waals surface area contributed by atoms with E-state index in [4.69, 9.17) is 14.2 Å². The van der Waals surface area contributed by atoms with E-state index < -0.39 is 6.10 Å². The number of hydrogen-bond donors (Lipinski definition) is 0. The number of rotatable bonds is 53. The smallest absolute Gasteiger partial charge is 0.306 e. The van der Waals surface area contributed by atoms with Gasteiger partial charge in [0, 0.05) is 19.3 Å². The predicted octanol–water partition coefficient (Wildman–Crippen LogP) is 19.6. The predicted molar refractivity (Wildman–Crippen MR) is 293 cm³/mol. The zero-order valence-corrected chi connectivity index (χ0v) is 45.1. The summed E-state index contributed by atoms with van der Waals surface area (Å²) in [6.07, 6.45) is 70.8. The summed E-state index contributed by atoms with van der Waals surface area (Å²) in [5, 5.41) is 0. The number of carbonyl (C=O) groups is 3. The second-order valence-corrected chi connectivity index (χ2v) is 19.6. The molecule has 0 N–H and O–H groups in total. The minimum Gasteiger partial charge on any atom is -0.462 e. The average molecular weight is 952 g/mol. The van der Waals surface area contributed by atoms with Crippen molar-refractivity contribution in [3.8, 4) is 0 Å². The summed E-state index contributed by atoms with van der Waals surface area (Å²) in [6.45, 7) is 6.57. The van der Waals surface area contributed by atoms with Crippen LogP contribution in [-0.4, -0.2) is 37.2 Å². The van der Waals surface area contributed by atoms with Crippen molar-refractivity contribution in [3.05, 3.63) is 60.8 Å². The van der Waals surface area contributed by atoms with Gasteiger partial charge in [0.2, 0.25) is 0 Å². The van der Waals surface area contributed by atoms with E-state index in [9.17, 15) is 14.4 Å². The van der Waals surface area contributed by atoms with Gasteiger partial charge in [-0.2, -0.15) is 0 Å². The molecule has 0 saturated carbocycles. The number of unbranched alkanes of at least 4 members (excludes halogenated alkanes) is 33. The molecule has 1 atom stereocenters. The topological polar surface area (TPSA) is 78.9 Å². The first kappa shape index (κ1) is 65.1. The summed E-state index contributed by atoms with van der Waals surface area (Å²) >= 11 is 0. The lowest BCUT2D eigenvalue weighted by atomic mass is 10.1. The molecule has 0 rings (SSSR count). The Balaban J connectivity index is 4.40. The lowest BCUT2D eigenvalue weighted by molar-refractivity contribution is -0.166.